The van der Waals surface area contributed by atoms with E-state index in [-0.39, 0.29) is 6.04 Å². The second-order valence-electron chi connectivity index (χ2n) is 8.69. The van der Waals surface area contributed by atoms with Crippen LogP contribution in [0.15, 0.2) is 12.4 Å². The van der Waals surface area contributed by atoms with Crippen LogP contribution < -0.4 is 5.32 Å². The smallest absolute Gasteiger partial charge is 0.223 e. The van der Waals surface area contributed by atoms with Gasteiger partial charge in [0.2, 0.25) is 5.91 Å². The summed E-state index contributed by atoms with van der Waals surface area (Å²) in [7, 11) is 2.00. The number of carbonyl (C=O) groups is 1. The molecule has 2 heterocycles. The number of amides is 1. The van der Waals surface area contributed by atoms with E-state index >= 15 is 0 Å². The predicted octanol–water partition coefficient (Wildman–Crippen LogP) is 2.75. The number of aromatic nitrogens is 2. The van der Waals surface area contributed by atoms with E-state index in [1.807, 2.05) is 24.0 Å². The molecule has 1 amide bonds. The fraction of sp³-hybridized carbons (Fsp3) is 0.789. The number of hydrogen-bond acceptors (Lipinski definition) is 3. The van der Waals surface area contributed by atoms with Gasteiger partial charge >= 0.3 is 0 Å². The predicted molar refractivity (Wildman–Crippen MR) is 95.4 cm³/mol. The molecule has 1 saturated heterocycles. The molecule has 0 aromatic carbocycles. The van der Waals surface area contributed by atoms with Gasteiger partial charge in [0.1, 0.15) is 11.9 Å². The number of nitrogens with zero attached hydrogens (tertiary/aromatic N) is 3. The molecule has 5 heteroatoms. The number of imidazole rings is 1. The van der Waals surface area contributed by atoms with Crippen LogP contribution in [-0.2, 0) is 11.8 Å². The van der Waals surface area contributed by atoms with Crippen molar-refractivity contribution in [2.75, 3.05) is 19.6 Å². The highest BCUT2D eigenvalue weighted by molar-refractivity contribution is 5.77. The van der Waals surface area contributed by atoms with Crippen molar-refractivity contribution in [1.29, 1.82) is 0 Å². The molecule has 0 bridgehead atoms. The zero-order chi connectivity index (χ0) is 17.3. The highest BCUT2D eigenvalue weighted by atomic mass is 16.2. The molecule has 24 heavy (non-hydrogen) atoms. The number of carbonyl (C=O) groups excluding carboxylic acids is 1. The molecule has 1 aliphatic heterocycles. The van der Waals surface area contributed by atoms with Crippen molar-refractivity contribution in [3.8, 4) is 0 Å². The van der Waals surface area contributed by atoms with E-state index in [0.717, 1.165) is 31.4 Å². The maximum absolute atomic E-state index is 13.1. The zero-order valence-electron chi connectivity index (χ0n) is 15.6. The third-order valence-corrected chi connectivity index (χ3v) is 5.66. The minimum atomic E-state index is 0.0558. The topological polar surface area (TPSA) is 50.2 Å². The summed E-state index contributed by atoms with van der Waals surface area (Å²) < 4.78 is 2.03. The summed E-state index contributed by atoms with van der Waals surface area (Å²) in [6.07, 6.45) is 8.10. The van der Waals surface area contributed by atoms with E-state index in [4.69, 9.17) is 0 Å². The summed E-state index contributed by atoms with van der Waals surface area (Å²) in [5.41, 5.74) is 0.366. The second-order valence-corrected chi connectivity index (χ2v) is 8.69. The quantitative estimate of drug-likeness (QED) is 0.926. The fourth-order valence-electron chi connectivity index (χ4n) is 5.00. The van der Waals surface area contributed by atoms with E-state index in [1.165, 1.54) is 19.3 Å². The van der Waals surface area contributed by atoms with Gasteiger partial charge in [0.15, 0.2) is 0 Å². The lowest BCUT2D eigenvalue weighted by Crippen LogP contribution is -2.50. The molecule has 1 aromatic rings. The molecule has 0 radical (unpaired) electrons. The van der Waals surface area contributed by atoms with Gasteiger partial charge in [-0.2, -0.15) is 0 Å². The van der Waals surface area contributed by atoms with Crippen molar-refractivity contribution in [2.24, 2.45) is 24.3 Å². The fourth-order valence-corrected chi connectivity index (χ4v) is 5.00. The Bertz CT molecular complexity index is 580. The monoisotopic (exact) mass is 332 g/mol. The summed E-state index contributed by atoms with van der Waals surface area (Å²) in [4.78, 5) is 19.6. The highest BCUT2D eigenvalue weighted by Crippen LogP contribution is 2.43. The number of nitrogens with one attached hydrogen (secondary N) is 1. The minimum absolute atomic E-state index is 0.0558. The Hall–Kier alpha value is -1.36. The summed E-state index contributed by atoms with van der Waals surface area (Å²) >= 11 is 0. The van der Waals surface area contributed by atoms with Crippen LogP contribution in [0.1, 0.15) is 58.3 Å². The first-order valence-electron chi connectivity index (χ1n) is 9.33. The van der Waals surface area contributed by atoms with E-state index < -0.39 is 0 Å². The third kappa shape index (κ3) is 3.82. The molecular formula is C19H32N4O. The van der Waals surface area contributed by atoms with E-state index in [0.29, 0.717) is 23.7 Å². The standard InChI is InChI=1S/C19H32N4O/c1-14-9-15(12-19(2,3)11-14)10-17(24)23-8-5-20-13-16(23)18-21-6-7-22(18)4/h6-7,14-16,20H,5,8-13H2,1-4H3. The van der Waals surface area contributed by atoms with Crippen LogP contribution in [0.4, 0.5) is 0 Å². The molecule has 5 nitrogen and oxygen atoms in total. The zero-order valence-corrected chi connectivity index (χ0v) is 15.6. The number of piperazine rings is 1. The summed E-state index contributed by atoms with van der Waals surface area (Å²) in [6, 6.07) is 0.0558. The van der Waals surface area contributed by atoms with Crippen LogP contribution in [0, 0.1) is 17.3 Å². The molecule has 1 aromatic heterocycles. The van der Waals surface area contributed by atoms with Crippen molar-refractivity contribution >= 4 is 5.91 Å². The molecule has 2 fully saturated rings. The van der Waals surface area contributed by atoms with E-state index in [2.05, 4.69) is 36.0 Å². The second kappa shape index (κ2) is 6.87. The molecule has 1 saturated carbocycles. The van der Waals surface area contributed by atoms with Crippen molar-refractivity contribution in [1.82, 2.24) is 19.8 Å². The van der Waals surface area contributed by atoms with Crippen molar-refractivity contribution in [2.45, 2.75) is 52.5 Å². The SMILES string of the molecule is CC1CC(CC(=O)N2CCNCC2c2nccn2C)CC(C)(C)C1. The molecule has 0 spiro atoms. The minimum Gasteiger partial charge on any atom is -0.336 e. The van der Waals surface area contributed by atoms with Gasteiger partial charge in [0.05, 0.1) is 0 Å². The van der Waals surface area contributed by atoms with Crippen LogP contribution in [-0.4, -0.2) is 40.0 Å². The molecule has 3 atom stereocenters. The number of rotatable bonds is 3. The Labute approximate surface area is 145 Å². The number of aryl methyl sites for hydroxylation is 1. The van der Waals surface area contributed by atoms with Gasteiger partial charge in [-0.15, -0.1) is 0 Å². The largest absolute Gasteiger partial charge is 0.336 e. The van der Waals surface area contributed by atoms with Crippen LogP contribution in [0.5, 0.6) is 0 Å². The Morgan fingerprint density at radius 2 is 2.21 bits per heavy atom. The lowest BCUT2D eigenvalue weighted by Gasteiger charge is -2.41. The lowest BCUT2D eigenvalue weighted by molar-refractivity contribution is -0.136. The van der Waals surface area contributed by atoms with Gasteiger partial charge < -0.3 is 14.8 Å². The Balaban J connectivity index is 1.69. The van der Waals surface area contributed by atoms with Crippen LogP contribution in [0.2, 0.25) is 0 Å². The average molecular weight is 332 g/mol. The van der Waals surface area contributed by atoms with Gasteiger partial charge in [-0.25, -0.2) is 4.98 Å². The summed E-state index contributed by atoms with van der Waals surface area (Å²) in [5, 5.41) is 3.41. The maximum Gasteiger partial charge on any atom is 0.223 e. The molecular weight excluding hydrogens is 300 g/mol. The first-order valence-corrected chi connectivity index (χ1v) is 9.33. The van der Waals surface area contributed by atoms with E-state index in [1.54, 1.807) is 0 Å². The molecule has 3 unspecified atom stereocenters. The van der Waals surface area contributed by atoms with Crippen LogP contribution >= 0.6 is 0 Å². The normalized spacial score (nSPS) is 30.3. The Morgan fingerprint density at radius 3 is 2.88 bits per heavy atom. The summed E-state index contributed by atoms with van der Waals surface area (Å²) in [6.45, 7) is 9.48. The van der Waals surface area contributed by atoms with Gasteiger partial charge in [0, 0.05) is 45.5 Å². The van der Waals surface area contributed by atoms with Crippen LogP contribution in [0.3, 0.4) is 0 Å². The van der Waals surface area contributed by atoms with Gasteiger partial charge in [-0.1, -0.05) is 20.8 Å². The highest BCUT2D eigenvalue weighted by Gasteiger charge is 2.36. The first kappa shape index (κ1) is 17.5. The first-order chi connectivity index (χ1) is 11.4. The van der Waals surface area contributed by atoms with Crippen molar-refractivity contribution in [3.05, 3.63) is 18.2 Å². The summed E-state index contributed by atoms with van der Waals surface area (Å²) in [5.74, 6) is 2.53. The molecule has 3 rings (SSSR count). The molecule has 1 aliphatic carbocycles. The molecule has 2 aliphatic rings. The maximum atomic E-state index is 13.1. The van der Waals surface area contributed by atoms with Crippen molar-refractivity contribution < 1.29 is 4.79 Å². The Morgan fingerprint density at radius 1 is 1.42 bits per heavy atom. The molecule has 134 valence electrons. The Kier molecular flexibility index (Phi) is 5.00. The van der Waals surface area contributed by atoms with Crippen molar-refractivity contribution in [3.63, 3.8) is 0 Å². The van der Waals surface area contributed by atoms with E-state index in [9.17, 15) is 4.79 Å². The lowest BCUT2D eigenvalue weighted by atomic mass is 9.67. The molecule has 1 N–H and O–H groups in total. The average Bonchev–Trinajstić information content (AvgIpc) is 2.91. The van der Waals surface area contributed by atoms with Crippen LogP contribution in [0.25, 0.3) is 0 Å². The number of hydrogen-bond donors (Lipinski definition) is 1. The third-order valence-electron chi connectivity index (χ3n) is 5.66. The van der Waals surface area contributed by atoms with Gasteiger partial charge in [-0.05, 0) is 36.5 Å². The van der Waals surface area contributed by atoms with Gasteiger partial charge in [0.25, 0.3) is 0 Å². The van der Waals surface area contributed by atoms with Gasteiger partial charge in [-0.3, -0.25) is 4.79 Å².